The van der Waals surface area contributed by atoms with Crippen LogP contribution in [0.3, 0.4) is 0 Å². The Morgan fingerprint density at radius 1 is 1.12 bits per heavy atom. The first-order chi connectivity index (χ1) is 11.9. The lowest BCUT2D eigenvalue weighted by molar-refractivity contribution is 0.136. The third-order valence-electron chi connectivity index (χ3n) is 4.63. The van der Waals surface area contributed by atoms with Crippen molar-refractivity contribution in [3.63, 3.8) is 0 Å². The van der Waals surface area contributed by atoms with E-state index in [4.69, 9.17) is 4.84 Å². The number of rotatable bonds is 6. The molecule has 0 aromatic heterocycles. The van der Waals surface area contributed by atoms with Crippen molar-refractivity contribution < 1.29 is 4.84 Å². The van der Waals surface area contributed by atoms with E-state index in [9.17, 15) is 0 Å². The van der Waals surface area contributed by atoms with E-state index in [0.29, 0.717) is 5.92 Å². The van der Waals surface area contributed by atoms with Gasteiger partial charge in [-0.05, 0) is 42.5 Å². The first-order valence-corrected chi connectivity index (χ1v) is 8.68. The maximum Gasteiger partial charge on any atom is 0.0649 e. The van der Waals surface area contributed by atoms with E-state index >= 15 is 0 Å². The molecule has 3 nitrogen and oxygen atoms in total. The molecule has 0 amide bonds. The molecule has 1 unspecified atom stereocenters. The summed E-state index contributed by atoms with van der Waals surface area (Å²) in [6, 6.07) is 21.2. The summed E-state index contributed by atoms with van der Waals surface area (Å²) in [5, 5.41) is 0. The van der Waals surface area contributed by atoms with Crippen LogP contribution in [0, 0.1) is 0 Å². The summed E-state index contributed by atoms with van der Waals surface area (Å²) in [5.41, 5.74) is 6.66. The molecule has 1 fully saturated rings. The number of likely N-dealkylation sites (tertiary alicyclic amines) is 1. The summed E-state index contributed by atoms with van der Waals surface area (Å²) >= 11 is 0. The topological polar surface area (TPSA) is 24.5 Å². The van der Waals surface area contributed by atoms with Crippen molar-refractivity contribution in [1.82, 2.24) is 10.4 Å². The van der Waals surface area contributed by atoms with Crippen LogP contribution in [0.4, 0.5) is 0 Å². The fourth-order valence-electron chi connectivity index (χ4n) is 3.39. The SMILES string of the molecule is CONC(=CCN1CCCC(c2ccccc2)C1)c1ccccc1. The van der Waals surface area contributed by atoms with E-state index in [1.807, 2.05) is 18.2 Å². The first-order valence-electron chi connectivity index (χ1n) is 8.68. The summed E-state index contributed by atoms with van der Waals surface area (Å²) < 4.78 is 0. The lowest BCUT2D eigenvalue weighted by atomic mass is 9.91. The molecule has 1 aliphatic rings. The Morgan fingerprint density at radius 2 is 1.83 bits per heavy atom. The van der Waals surface area contributed by atoms with Crippen molar-refractivity contribution in [2.45, 2.75) is 18.8 Å². The highest BCUT2D eigenvalue weighted by Gasteiger charge is 2.20. The van der Waals surface area contributed by atoms with E-state index in [-0.39, 0.29) is 0 Å². The molecule has 3 rings (SSSR count). The summed E-state index contributed by atoms with van der Waals surface area (Å²) in [6.07, 6.45) is 4.77. The molecule has 1 N–H and O–H groups in total. The van der Waals surface area contributed by atoms with Gasteiger partial charge in [-0.15, -0.1) is 0 Å². The van der Waals surface area contributed by atoms with E-state index in [2.05, 4.69) is 58.9 Å². The molecule has 1 saturated heterocycles. The van der Waals surface area contributed by atoms with Crippen LogP contribution < -0.4 is 5.48 Å². The molecule has 2 aromatic rings. The Hall–Kier alpha value is -2.10. The molecule has 1 aliphatic heterocycles. The molecule has 2 aromatic carbocycles. The second-order valence-corrected chi connectivity index (χ2v) is 6.30. The molecule has 1 heterocycles. The molecular weight excluding hydrogens is 296 g/mol. The van der Waals surface area contributed by atoms with Crippen LogP contribution in [-0.4, -0.2) is 31.6 Å². The van der Waals surface area contributed by atoms with Crippen LogP contribution in [-0.2, 0) is 4.84 Å². The smallest absolute Gasteiger partial charge is 0.0649 e. The summed E-state index contributed by atoms with van der Waals surface area (Å²) in [5.74, 6) is 0.643. The third-order valence-corrected chi connectivity index (χ3v) is 4.63. The monoisotopic (exact) mass is 322 g/mol. The molecule has 0 radical (unpaired) electrons. The predicted octanol–water partition coefficient (Wildman–Crippen LogP) is 4.06. The molecule has 126 valence electrons. The quantitative estimate of drug-likeness (QED) is 0.812. The van der Waals surface area contributed by atoms with Gasteiger partial charge in [0, 0.05) is 13.1 Å². The standard InChI is InChI=1S/C21H26N2O/c1-24-22-21(19-11-6-3-7-12-19)14-16-23-15-8-13-20(17-23)18-9-4-2-5-10-18/h2-7,9-12,14,20,22H,8,13,15-17H2,1H3. The van der Waals surface area contributed by atoms with Gasteiger partial charge >= 0.3 is 0 Å². The third kappa shape index (κ3) is 4.47. The fourth-order valence-corrected chi connectivity index (χ4v) is 3.39. The largest absolute Gasteiger partial charge is 0.299 e. The Labute approximate surface area is 144 Å². The van der Waals surface area contributed by atoms with Crippen molar-refractivity contribution in [1.29, 1.82) is 0 Å². The number of nitrogens with zero attached hydrogens (tertiary/aromatic N) is 1. The molecule has 3 heteroatoms. The normalized spacial score (nSPS) is 19.2. The van der Waals surface area contributed by atoms with Gasteiger partial charge < -0.3 is 0 Å². The van der Waals surface area contributed by atoms with Gasteiger partial charge in [0.05, 0.1) is 12.8 Å². The molecule has 0 aliphatic carbocycles. The minimum absolute atomic E-state index is 0.643. The van der Waals surface area contributed by atoms with Crippen molar-refractivity contribution in [2.24, 2.45) is 0 Å². The summed E-state index contributed by atoms with van der Waals surface area (Å²) in [7, 11) is 1.66. The molecule has 0 spiro atoms. The van der Waals surface area contributed by atoms with Crippen LogP contribution in [0.15, 0.2) is 66.7 Å². The Balaban J connectivity index is 1.65. The number of hydrogen-bond donors (Lipinski definition) is 1. The average molecular weight is 322 g/mol. The zero-order chi connectivity index (χ0) is 16.6. The molecule has 0 bridgehead atoms. The zero-order valence-electron chi connectivity index (χ0n) is 14.3. The van der Waals surface area contributed by atoms with E-state index in [0.717, 1.165) is 30.9 Å². The Kier molecular flexibility index (Phi) is 6.05. The van der Waals surface area contributed by atoms with E-state index in [1.165, 1.54) is 18.4 Å². The number of nitrogens with one attached hydrogen (secondary N) is 1. The molecule has 0 saturated carbocycles. The highest BCUT2D eigenvalue weighted by atomic mass is 16.6. The highest BCUT2D eigenvalue weighted by molar-refractivity contribution is 5.63. The molecule has 24 heavy (non-hydrogen) atoms. The number of hydrogen-bond acceptors (Lipinski definition) is 3. The maximum atomic E-state index is 5.15. The molecule has 1 atom stereocenters. The minimum atomic E-state index is 0.643. The fraction of sp³-hybridized carbons (Fsp3) is 0.333. The van der Waals surface area contributed by atoms with Gasteiger partial charge in [0.15, 0.2) is 0 Å². The maximum absolute atomic E-state index is 5.15. The average Bonchev–Trinajstić information content (AvgIpc) is 2.67. The molecular formula is C21H26N2O. The van der Waals surface area contributed by atoms with Gasteiger partial charge in [-0.2, -0.15) is 0 Å². The van der Waals surface area contributed by atoms with Crippen molar-refractivity contribution in [2.75, 3.05) is 26.7 Å². The first kappa shape index (κ1) is 16.7. The summed E-state index contributed by atoms with van der Waals surface area (Å²) in [4.78, 5) is 7.68. The van der Waals surface area contributed by atoms with Crippen molar-refractivity contribution in [3.8, 4) is 0 Å². The van der Waals surface area contributed by atoms with Crippen LogP contribution in [0.2, 0.25) is 0 Å². The van der Waals surface area contributed by atoms with Gasteiger partial charge in [-0.1, -0.05) is 60.7 Å². The second-order valence-electron chi connectivity index (χ2n) is 6.30. The predicted molar refractivity (Wildman–Crippen MR) is 99.4 cm³/mol. The van der Waals surface area contributed by atoms with Gasteiger partial charge in [0.25, 0.3) is 0 Å². The Bertz CT molecular complexity index is 639. The highest BCUT2D eigenvalue weighted by Crippen LogP contribution is 2.26. The second kappa shape index (κ2) is 8.67. The van der Waals surface area contributed by atoms with Crippen LogP contribution in [0.1, 0.15) is 29.9 Å². The van der Waals surface area contributed by atoms with Crippen LogP contribution in [0.5, 0.6) is 0 Å². The van der Waals surface area contributed by atoms with Gasteiger partial charge in [-0.3, -0.25) is 15.2 Å². The van der Waals surface area contributed by atoms with Gasteiger partial charge in [-0.25, -0.2) is 0 Å². The van der Waals surface area contributed by atoms with E-state index in [1.54, 1.807) is 7.11 Å². The van der Waals surface area contributed by atoms with Crippen LogP contribution >= 0.6 is 0 Å². The zero-order valence-corrected chi connectivity index (χ0v) is 14.3. The number of benzene rings is 2. The lowest BCUT2D eigenvalue weighted by Crippen LogP contribution is -2.34. The van der Waals surface area contributed by atoms with Crippen molar-refractivity contribution >= 4 is 5.70 Å². The lowest BCUT2D eigenvalue weighted by Gasteiger charge is -2.32. The number of hydroxylamine groups is 1. The van der Waals surface area contributed by atoms with Gasteiger partial charge in [0.2, 0.25) is 0 Å². The summed E-state index contributed by atoms with van der Waals surface area (Å²) in [6.45, 7) is 3.22. The van der Waals surface area contributed by atoms with Crippen LogP contribution in [0.25, 0.3) is 5.70 Å². The number of piperidine rings is 1. The van der Waals surface area contributed by atoms with Crippen molar-refractivity contribution in [3.05, 3.63) is 77.9 Å². The van der Waals surface area contributed by atoms with E-state index < -0.39 is 0 Å². The Morgan fingerprint density at radius 3 is 2.54 bits per heavy atom. The van der Waals surface area contributed by atoms with Gasteiger partial charge in [0.1, 0.15) is 0 Å². The minimum Gasteiger partial charge on any atom is -0.299 e.